The first-order valence-corrected chi connectivity index (χ1v) is 16.0. The maximum absolute atomic E-state index is 16.8. The third kappa shape index (κ3) is 4.47. The Morgan fingerprint density at radius 2 is 2.02 bits per heavy atom. The molecule has 4 aliphatic rings. The van der Waals surface area contributed by atoms with Crippen molar-refractivity contribution in [3.05, 3.63) is 47.7 Å². The molecule has 240 valence electrons. The largest absolute Gasteiger partial charge is 0.508 e. The lowest BCUT2D eigenvalue weighted by Gasteiger charge is -2.35. The van der Waals surface area contributed by atoms with Crippen molar-refractivity contribution in [3.63, 3.8) is 0 Å². The minimum Gasteiger partial charge on any atom is -0.508 e. The standard InChI is InChI=1S/C34H34F3N5O4/c1-2-21-26(36)5-4-17-8-20(43)10-23(27(17)21)29-28(37)30-24(12-38-29)31(41-13-18-9-22(32(44)45)25(18)15-41)40-33(39-30)46-16-34-6-3-7-42(34)14-19(35)11-34/h4-5,8,10,12,18-19,22,25,43H,2-3,6-7,9,11,13-16H2,1H3,(H,44,45)/t18-,19-,22+,25+,34+/m1/s1. The van der Waals surface area contributed by atoms with E-state index in [1.807, 2.05) is 4.90 Å². The van der Waals surface area contributed by atoms with Crippen molar-refractivity contribution in [2.45, 2.75) is 50.7 Å². The molecule has 8 rings (SSSR count). The van der Waals surface area contributed by atoms with Gasteiger partial charge < -0.3 is 19.8 Å². The number of carboxylic acids is 1. The van der Waals surface area contributed by atoms with Crippen molar-refractivity contribution >= 4 is 33.5 Å². The van der Waals surface area contributed by atoms with Gasteiger partial charge in [0.15, 0.2) is 5.82 Å². The third-order valence-corrected chi connectivity index (χ3v) is 10.8. The van der Waals surface area contributed by atoms with E-state index >= 15 is 4.39 Å². The topological polar surface area (TPSA) is 112 Å². The first kappa shape index (κ1) is 29.2. The predicted molar refractivity (Wildman–Crippen MR) is 165 cm³/mol. The number of anilines is 1. The fraction of sp³-hybridized carbons (Fsp3) is 0.471. The van der Waals surface area contributed by atoms with Crippen LogP contribution in [0.2, 0.25) is 0 Å². The van der Waals surface area contributed by atoms with Crippen LogP contribution in [0, 0.1) is 29.4 Å². The van der Waals surface area contributed by atoms with E-state index in [9.17, 15) is 23.8 Å². The van der Waals surface area contributed by atoms with Crippen LogP contribution in [-0.4, -0.2) is 80.5 Å². The van der Waals surface area contributed by atoms with E-state index in [-0.39, 0.29) is 47.0 Å². The van der Waals surface area contributed by atoms with Crippen LogP contribution < -0.4 is 9.64 Å². The Morgan fingerprint density at radius 1 is 1.17 bits per heavy atom. The van der Waals surface area contributed by atoms with Crippen LogP contribution in [0.1, 0.15) is 38.2 Å². The van der Waals surface area contributed by atoms with Gasteiger partial charge >= 0.3 is 12.0 Å². The maximum atomic E-state index is 16.8. The number of halogens is 3. The number of carbonyl (C=O) groups is 1. The summed E-state index contributed by atoms with van der Waals surface area (Å²) in [7, 11) is 0. The number of hydrogen-bond donors (Lipinski definition) is 2. The molecule has 4 aromatic rings. The van der Waals surface area contributed by atoms with Crippen molar-refractivity contribution < 1.29 is 32.9 Å². The first-order chi connectivity index (χ1) is 22.2. The van der Waals surface area contributed by atoms with E-state index in [1.165, 1.54) is 24.4 Å². The molecule has 2 aromatic heterocycles. The van der Waals surface area contributed by atoms with Gasteiger partial charge in [0, 0.05) is 37.8 Å². The second-order valence-corrected chi connectivity index (χ2v) is 13.4. The molecular formula is C34H34F3N5O4. The highest BCUT2D eigenvalue weighted by Gasteiger charge is 2.51. The van der Waals surface area contributed by atoms with Crippen LogP contribution in [0.15, 0.2) is 30.5 Å². The molecule has 2 aromatic carbocycles. The van der Waals surface area contributed by atoms with Crippen molar-refractivity contribution in [1.29, 1.82) is 0 Å². The Labute approximate surface area is 263 Å². The predicted octanol–water partition coefficient (Wildman–Crippen LogP) is 5.50. The summed E-state index contributed by atoms with van der Waals surface area (Å²) < 4.78 is 52.4. The molecule has 4 fully saturated rings. The van der Waals surface area contributed by atoms with Gasteiger partial charge in [0.25, 0.3) is 0 Å². The van der Waals surface area contributed by atoms with Crippen LogP contribution in [0.3, 0.4) is 0 Å². The number of carboxylic acid groups (broad SMARTS) is 1. The molecule has 0 radical (unpaired) electrons. The van der Waals surface area contributed by atoms with E-state index < -0.39 is 35.2 Å². The molecule has 3 saturated heterocycles. The summed E-state index contributed by atoms with van der Waals surface area (Å²) in [5.74, 6) is -2.05. The van der Waals surface area contributed by atoms with Gasteiger partial charge in [0.05, 0.1) is 16.8 Å². The summed E-state index contributed by atoms with van der Waals surface area (Å²) in [5.41, 5.74) is -0.0151. The van der Waals surface area contributed by atoms with Gasteiger partial charge in [-0.05, 0) is 78.6 Å². The SMILES string of the molecule is CCc1c(F)ccc2cc(O)cc(-c3ncc4c(N5C[C@H]6C[C@H](C(=O)O)[C@H]6C5)nc(OC[C@@]56CCCN5C[C@H](F)C6)nc4c3F)c12. The lowest BCUT2D eigenvalue weighted by molar-refractivity contribution is -0.149. The van der Waals surface area contributed by atoms with Gasteiger partial charge in [-0.15, -0.1) is 0 Å². The second-order valence-electron chi connectivity index (χ2n) is 13.4. The molecule has 0 bridgehead atoms. The average Bonchev–Trinajstić information content (AvgIpc) is 3.65. The van der Waals surface area contributed by atoms with Crippen LogP contribution in [0.25, 0.3) is 32.9 Å². The lowest BCUT2D eigenvalue weighted by atomic mass is 9.67. The number of ether oxygens (including phenoxy) is 1. The fourth-order valence-corrected chi connectivity index (χ4v) is 8.56. The van der Waals surface area contributed by atoms with E-state index in [0.717, 1.165) is 19.4 Å². The number of aromatic nitrogens is 3. The Bertz CT molecular complexity index is 1910. The van der Waals surface area contributed by atoms with Crippen LogP contribution >= 0.6 is 0 Å². The number of hydrogen-bond acceptors (Lipinski definition) is 8. The number of aryl methyl sites for hydroxylation is 1. The number of alkyl halides is 1. The van der Waals surface area contributed by atoms with Gasteiger partial charge in [-0.1, -0.05) is 13.0 Å². The molecule has 12 heteroatoms. The van der Waals surface area contributed by atoms with E-state index in [1.54, 1.807) is 13.0 Å². The molecule has 5 heterocycles. The molecule has 5 atom stereocenters. The Morgan fingerprint density at radius 3 is 2.83 bits per heavy atom. The number of aromatic hydroxyl groups is 1. The summed E-state index contributed by atoms with van der Waals surface area (Å²) in [4.78, 5) is 29.6. The number of aliphatic carboxylic acids is 1. The molecular weight excluding hydrogens is 599 g/mol. The monoisotopic (exact) mass is 633 g/mol. The van der Waals surface area contributed by atoms with Gasteiger partial charge in [0.1, 0.15) is 41.4 Å². The third-order valence-electron chi connectivity index (χ3n) is 10.8. The lowest BCUT2D eigenvalue weighted by Crippen LogP contribution is -2.43. The molecule has 1 aliphatic carbocycles. The first-order valence-electron chi connectivity index (χ1n) is 16.0. The average molecular weight is 634 g/mol. The highest BCUT2D eigenvalue weighted by atomic mass is 19.1. The molecule has 0 spiro atoms. The number of phenolic OH excluding ortho intramolecular Hbond substituents is 1. The summed E-state index contributed by atoms with van der Waals surface area (Å²) in [5, 5.41) is 21.5. The normalized spacial score (nSPS) is 27.3. The minimum atomic E-state index is -0.944. The van der Waals surface area contributed by atoms with Gasteiger partial charge in [-0.25, -0.2) is 13.2 Å². The van der Waals surface area contributed by atoms with Gasteiger partial charge in [-0.3, -0.25) is 14.7 Å². The summed E-state index contributed by atoms with van der Waals surface area (Å²) in [6.45, 7) is 4.10. The number of phenols is 1. The van der Waals surface area contributed by atoms with Crippen LogP contribution in [-0.2, 0) is 11.2 Å². The van der Waals surface area contributed by atoms with E-state index in [4.69, 9.17) is 9.72 Å². The molecule has 0 amide bonds. The second kappa shape index (κ2) is 10.7. The maximum Gasteiger partial charge on any atom is 0.319 e. The number of fused-ring (bicyclic) bond motifs is 4. The molecule has 1 saturated carbocycles. The fourth-order valence-electron chi connectivity index (χ4n) is 8.56. The van der Waals surface area contributed by atoms with Crippen LogP contribution in [0.4, 0.5) is 19.0 Å². The van der Waals surface area contributed by atoms with Crippen molar-refractivity contribution in [2.24, 2.45) is 17.8 Å². The minimum absolute atomic E-state index is 0.0455. The Kier molecular flexibility index (Phi) is 6.79. The zero-order chi connectivity index (χ0) is 31.9. The van der Waals surface area contributed by atoms with Crippen molar-refractivity contribution in [2.75, 3.05) is 37.7 Å². The smallest absolute Gasteiger partial charge is 0.319 e. The Hall–Kier alpha value is -4.19. The van der Waals surface area contributed by atoms with Crippen molar-refractivity contribution in [3.8, 4) is 23.0 Å². The zero-order valence-electron chi connectivity index (χ0n) is 25.3. The summed E-state index contributed by atoms with van der Waals surface area (Å²) >= 11 is 0. The molecule has 0 unspecified atom stereocenters. The van der Waals surface area contributed by atoms with Gasteiger partial charge in [0.2, 0.25) is 0 Å². The van der Waals surface area contributed by atoms with Gasteiger partial charge in [-0.2, -0.15) is 9.97 Å². The number of rotatable bonds is 7. The molecule has 2 N–H and O–H groups in total. The number of benzene rings is 2. The number of pyridine rings is 1. The van der Waals surface area contributed by atoms with E-state index in [0.29, 0.717) is 66.4 Å². The summed E-state index contributed by atoms with van der Waals surface area (Å²) in [6.07, 6.45) is 3.51. The molecule has 46 heavy (non-hydrogen) atoms. The quantitative estimate of drug-likeness (QED) is 0.272. The Balaban J connectivity index is 1.25. The molecule has 9 nitrogen and oxygen atoms in total. The summed E-state index contributed by atoms with van der Waals surface area (Å²) in [6, 6.07) is 5.70. The zero-order valence-corrected chi connectivity index (χ0v) is 25.3. The highest BCUT2D eigenvalue weighted by Crippen LogP contribution is 2.48. The highest BCUT2D eigenvalue weighted by molar-refractivity contribution is 6.01. The van der Waals surface area contributed by atoms with Crippen LogP contribution in [0.5, 0.6) is 11.8 Å². The van der Waals surface area contributed by atoms with E-state index in [2.05, 4.69) is 14.9 Å². The van der Waals surface area contributed by atoms with Crippen molar-refractivity contribution in [1.82, 2.24) is 19.9 Å². The number of nitrogens with zero attached hydrogens (tertiary/aromatic N) is 5. The molecule has 3 aliphatic heterocycles.